The van der Waals surface area contributed by atoms with Crippen LogP contribution in [0.2, 0.25) is 0 Å². The van der Waals surface area contributed by atoms with Gasteiger partial charge in [-0.25, -0.2) is 0 Å². The van der Waals surface area contributed by atoms with Gasteiger partial charge in [-0.2, -0.15) is 0 Å². The summed E-state index contributed by atoms with van der Waals surface area (Å²) in [6, 6.07) is 11.1. The Kier molecular flexibility index (Phi) is 4.17. The first kappa shape index (κ1) is 15.1. The van der Waals surface area contributed by atoms with Crippen molar-refractivity contribution in [2.45, 2.75) is 24.6 Å². The van der Waals surface area contributed by atoms with Gasteiger partial charge in [-0.05, 0) is 35.0 Å². The molecule has 0 unspecified atom stereocenters. The van der Waals surface area contributed by atoms with Gasteiger partial charge >= 0.3 is 0 Å². The van der Waals surface area contributed by atoms with E-state index in [4.69, 9.17) is 14.2 Å². The van der Waals surface area contributed by atoms with Crippen LogP contribution in [-0.2, 0) is 4.74 Å². The third-order valence-electron chi connectivity index (χ3n) is 3.73. The van der Waals surface area contributed by atoms with Crippen LogP contribution in [-0.4, -0.2) is 53.6 Å². The zero-order valence-corrected chi connectivity index (χ0v) is 12.0. The van der Waals surface area contributed by atoms with Gasteiger partial charge in [0.05, 0.1) is 13.7 Å². The van der Waals surface area contributed by atoms with Crippen molar-refractivity contribution in [3.05, 3.63) is 36.4 Å². The van der Waals surface area contributed by atoms with Crippen molar-refractivity contribution in [3.8, 4) is 11.5 Å². The second-order valence-electron chi connectivity index (χ2n) is 5.24. The molecule has 1 aliphatic rings. The quantitative estimate of drug-likeness (QED) is 0.772. The molecule has 1 heterocycles. The summed E-state index contributed by atoms with van der Waals surface area (Å²) in [4.78, 5) is 0. The van der Waals surface area contributed by atoms with Gasteiger partial charge in [0.25, 0.3) is 0 Å². The third-order valence-corrected chi connectivity index (χ3v) is 3.73. The van der Waals surface area contributed by atoms with Gasteiger partial charge in [-0.3, -0.25) is 0 Å². The zero-order valence-electron chi connectivity index (χ0n) is 12.0. The van der Waals surface area contributed by atoms with Crippen LogP contribution in [0.25, 0.3) is 10.8 Å². The number of hydrogen-bond acceptors (Lipinski definition) is 6. The highest BCUT2D eigenvalue weighted by Gasteiger charge is 2.38. The minimum absolute atomic E-state index is 0.0896. The Hall–Kier alpha value is -1.86. The van der Waals surface area contributed by atoms with Crippen LogP contribution < -0.4 is 9.47 Å². The fourth-order valence-corrected chi connectivity index (χ4v) is 2.42. The van der Waals surface area contributed by atoms with E-state index in [1.165, 1.54) is 0 Å². The van der Waals surface area contributed by atoms with Crippen LogP contribution in [0.3, 0.4) is 0 Å². The normalized spacial score (nSPS) is 28.5. The lowest BCUT2D eigenvalue weighted by molar-refractivity contribution is -0.242. The number of ether oxygens (including phenoxy) is 3. The predicted octanol–water partition coefficient (Wildman–Crippen LogP) is 0.666. The second-order valence-corrected chi connectivity index (χ2v) is 5.24. The first-order chi connectivity index (χ1) is 10.6. The van der Waals surface area contributed by atoms with Gasteiger partial charge in [0.1, 0.15) is 29.8 Å². The maximum Gasteiger partial charge on any atom is 0.228 e. The average molecular weight is 306 g/mol. The van der Waals surface area contributed by atoms with Crippen LogP contribution in [0.15, 0.2) is 36.4 Å². The van der Waals surface area contributed by atoms with Crippen LogP contribution >= 0.6 is 0 Å². The predicted molar refractivity (Wildman–Crippen MR) is 78.9 cm³/mol. The Morgan fingerprint density at radius 3 is 2.27 bits per heavy atom. The molecule has 3 rings (SSSR count). The largest absolute Gasteiger partial charge is 0.497 e. The van der Waals surface area contributed by atoms with Crippen LogP contribution in [0.1, 0.15) is 0 Å². The van der Waals surface area contributed by atoms with Gasteiger partial charge in [0.15, 0.2) is 0 Å². The molecule has 0 amide bonds. The lowest BCUT2D eigenvalue weighted by Gasteiger charge is -2.34. The Labute approximate surface area is 127 Å². The molecular weight excluding hydrogens is 288 g/mol. The van der Waals surface area contributed by atoms with Crippen molar-refractivity contribution in [1.82, 2.24) is 0 Å². The summed E-state index contributed by atoms with van der Waals surface area (Å²) in [5.74, 6) is 1.27. The summed E-state index contributed by atoms with van der Waals surface area (Å²) < 4.78 is 16.0. The molecule has 0 aromatic heterocycles. The SMILES string of the molecule is COc1ccc2cc(O[C@@H]3OC[C@@H](O)[C@H](O)[C@H]3O)ccc2c1. The van der Waals surface area contributed by atoms with Crippen LogP contribution in [0.4, 0.5) is 0 Å². The average Bonchev–Trinajstić information content (AvgIpc) is 2.55. The first-order valence-corrected chi connectivity index (χ1v) is 6.99. The molecule has 2 aromatic carbocycles. The molecule has 6 nitrogen and oxygen atoms in total. The molecule has 0 bridgehead atoms. The number of benzene rings is 2. The van der Waals surface area contributed by atoms with E-state index in [-0.39, 0.29) is 6.61 Å². The standard InChI is InChI=1S/C16H18O6/c1-20-11-4-2-10-7-12(5-3-9(10)6-11)22-16-15(19)14(18)13(17)8-21-16/h2-7,13-19H,8H2,1H3/t13-,14+,15-,16+/m1/s1. The summed E-state index contributed by atoms with van der Waals surface area (Å²) in [6.07, 6.45) is -4.73. The van der Waals surface area contributed by atoms with Crippen LogP contribution in [0, 0.1) is 0 Å². The first-order valence-electron chi connectivity index (χ1n) is 6.99. The minimum Gasteiger partial charge on any atom is -0.497 e. The molecule has 118 valence electrons. The van der Waals surface area contributed by atoms with Gasteiger partial charge in [-0.15, -0.1) is 0 Å². The van der Waals surface area contributed by atoms with Gasteiger partial charge < -0.3 is 29.5 Å². The molecule has 3 N–H and O–H groups in total. The molecule has 6 heteroatoms. The molecule has 4 atom stereocenters. The van der Waals surface area contributed by atoms with Crippen molar-refractivity contribution >= 4 is 10.8 Å². The molecular formula is C16H18O6. The lowest BCUT2D eigenvalue weighted by Crippen LogP contribution is -2.54. The van der Waals surface area contributed by atoms with Crippen molar-refractivity contribution in [1.29, 1.82) is 0 Å². The van der Waals surface area contributed by atoms with Crippen molar-refractivity contribution in [2.24, 2.45) is 0 Å². The number of aliphatic hydroxyl groups excluding tert-OH is 3. The van der Waals surface area contributed by atoms with E-state index in [1.54, 1.807) is 13.2 Å². The summed E-state index contributed by atoms with van der Waals surface area (Å²) >= 11 is 0. The lowest BCUT2D eigenvalue weighted by atomic mass is 10.1. The fourth-order valence-electron chi connectivity index (χ4n) is 2.42. The number of fused-ring (bicyclic) bond motifs is 1. The van der Waals surface area contributed by atoms with E-state index >= 15 is 0 Å². The molecule has 0 saturated carbocycles. The monoisotopic (exact) mass is 306 g/mol. The molecule has 0 radical (unpaired) electrons. The molecule has 0 spiro atoms. The number of methoxy groups -OCH3 is 1. The molecule has 0 aliphatic carbocycles. The number of aliphatic hydroxyl groups is 3. The molecule has 2 aromatic rings. The number of rotatable bonds is 3. The zero-order chi connectivity index (χ0) is 15.7. The highest BCUT2D eigenvalue weighted by Crippen LogP contribution is 2.27. The summed E-state index contributed by atoms with van der Waals surface area (Å²) in [5.41, 5.74) is 0. The smallest absolute Gasteiger partial charge is 0.228 e. The van der Waals surface area contributed by atoms with Gasteiger partial charge in [-0.1, -0.05) is 12.1 Å². The van der Waals surface area contributed by atoms with Gasteiger partial charge in [0.2, 0.25) is 6.29 Å². The molecule has 22 heavy (non-hydrogen) atoms. The fraction of sp³-hybridized carbons (Fsp3) is 0.375. The Morgan fingerprint density at radius 2 is 1.59 bits per heavy atom. The van der Waals surface area contributed by atoms with Crippen molar-refractivity contribution in [2.75, 3.05) is 13.7 Å². The number of hydrogen-bond donors (Lipinski definition) is 3. The maximum absolute atomic E-state index is 9.87. The van der Waals surface area contributed by atoms with E-state index in [0.29, 0.717) is 5.75 Å². The van der Waals surface area contributed by atoms with Crippen molar-refractivity contribution < 1.29 is 29.5 Å². The highest BCUT2D eigenvalue weighted by molar-refractivity contribution is 5.85. The molecule has 1 saturated heterocycles. The van der Waals surface area contributed by atoms with E-state index in [9.17, 15) is 15.3 Å². The summed E-state index contributed by atoms with van der Waals surface area (Å²) in [5, 5.41) is 30.9. The van der Waals surface area contributed by atoms with E-state index in [1.807, 2.05) is 30.3 Å². The Morgan fingerprint density at radius 1 is 0.955 bits per heavy atom. The summed E-state index contributed by atoms with van der Waals surface area (Å²) in [7, 11) is 1.61. The summed E-state index contributed by atoms with van der Waals surface area (Å²) in [6.45, 7) is -0.0896. The van der Waals surface area contributed by atoms with Crippen molar-refractivity contribution in [3.63, 3.8) is 0 Å². The third kappa shape index (κ3) is 2.86. The van der Waals surface area contributed by atoms with Gasteiger partial charge in [0, 0.05) is 0 Å². The van der Waals surface area contributed by atoms with E-state index in [0.717, 1.165) is 16.5 Å². The topological polar surface area (TPSA) is 88.4 Å². The second kappa shape index (κ2) is 6.10. The minimum atomic E-state index is -1.31. The van der Waals surface area contributed by atoms with E-state index in [2.05, 4.69) is 0 Å². The maximum atomic E-state index is 9.87. The molecule has 1 aliphatic heterocycles. The van der Waals surface area contributed by atoms with E-state index < -0.39 is 24.6 Å². The Balaban J connectivity index is 1.79. The molecule has 1 fully saturated rings. The van der Waals surface area contributed by atoms with Crippen LogP contribution in [0.5, 0.6) is 11.5 Å². The highest BCUT2D eigenvalue weighted by atomic mass is 16.7. The Bertz CT molecular complexity index is 658.